The first kappa shape index (κ1) is 12.1. The highest BCUT2D eigenvalue weighted by Crippen LogP contribution is 2.26. The molecule has 2 aromatic rings. The van der Waals surface area contributed by atoms with E-state index in [1.807, 2.05) is 31.2 Å². The van der Waals surface area contributed by atoms with Gasteiger partial charge in [-0.3, -0.25) is 4.79 Å². The summed E-state index contributed by atoms with van der Waals surface area (Å²) < 4.78 is 0. The van der Waals surface area contributed by atoms with Crippen LogP contribution in [0.4, 0.5) is 0 Å². The van der Waals surface area contributed by atoms with Crippen LogP contribution in [0.5, 0.6) is 0 Å². The third-order valence-electron chi connectivity index (χ3n) is 3.75. The van der Waals surface area contributed by atoms with E-state index < -0.39 is 0 Å². The maximum absolute atomic E-state index is 11.8. The van der Waals surface area contributed by atoms with Crippen LogP contribution in [-0.4, -0.2) is 15.9 Å². The fourth-order valence-corrected chi connectivity index (χ4v) is 2.28. The van der Waals surface area contributed by atoms with Crippen molar-refractivity contribution in [2.75, 3.05) is 0 Å². The second-order valence-corrected chi connectivity index (χ2v) is 5.09. The average molecular weight is 255 g/mol. The summed E-state index contributed by atoms with van der Waals surface area (Å²) in [6.45, 7) is 2.41. The topological polar surface area (TPSA) is 54.9 Å². The number of nitrogens with zero attached hydrogens (tertiary/aromatic N) is 2. The lowest BCUT2D eigenvalue weighted by Gasteiger charge is -2.24. The van der Waals surface area contributed by atoms with Gasteiger partial charge in [-0.2, -0.15) is 0 Å². The zero-order valence-corrected chi connectivity index (χ0v) is 11.0. The number of aromatic nitrogens is 2. The fraction of sp³-hybridized carbons (Fsp3) is 0.400. The van der Waals surface area contributed by atoms with Crippen LogP contribution in [0.25, 0.3) is 11.0 Å². The Morgan fingerprint density at radius 1 is 1.26 bits per heavy atom. The first-order chi connectivity index (χ1) is 9.24. The van der Waals surface area contributed by atoms with E-state index in [1.54, 1.807) is 0 Å². The summed E-state index contributed by atoms with van der Waals surface area (Å²) in [5, 5.41) is 2.96. The largest absolute Gasteiger partial charge is 0.350 e. The molecule has 0 bridgehead atoms. The molecule has 1 N–H and O–H groups in total. The molecule has 1 heterocycles. The highest BCUT2D eigenvalue weighted by Gasteiger charge is 2.24. The van der Waals surface area contributed by atoms with E-state index in [2.05, 4.69) is 15.3 Å². The van der Waals surface area contributed by atoms with Crippen molar-refractivity contribution in [2.45, 2.75) is 32.7 Å². The van der Waals surface area contributed by atoms with Crippen molar-refractivity contribution in [1.29, 1.82) is 0 Å². The molecule has 1 aromatic heterocycles. The van der Waals surface area contributed by atoms with E-state index in [0.717, 1.165) is 35.3 Å². The zero-order chi connectivity index (χ0) is 13.2. The summed E-state index contributed by atoms with van der Waals surface area (Å²) in [6.07, 6.45) is 3.22. The number of carbonyl (C=O) groups is 1. The van der Waals surface area contributed by atoms with Crippen molar-refractivity contribution in [1.82, 2.24) is 15.3 Å². The Bertz CT molecular complexity index is 620. The minimum absolute atomic E-state index is 0.153. The van der Waals surface area contributed by atoms with Gasteiger partial charge >= 0.3 is 0 Å². The third kappa shape index (κ3) is 2.43. The number of fused-ring (bicyclic) bond motifs is 1. The Morgan fingerprint density at radius 2 is 1.95 bits per heavy atom. The molecule has 1 aliphatic rings. The van der Waals surface area contributed by atoms with Crippen molar-refractivity contribution in [2.24, 2.45) is 5.92 Å². The van der Waals surface area contributed by atoms with E-state index in [0.29, 0.717) is 6.54 Å². The molecular weight excluding hydrogens is 238 g/mol. The molecule has 4 heteroatoms. The number of carbonyl (C=O) groups excluding carboxylic acids is 1. The highest BCUT2D eigenvalue weighted by atomic mass is 16.1. The lowest BCUT2D eigenvalue weighted by atomic mass is 9.85. The number of benzene rings is 1. The average Bonchev–Trinajstić information content (AvgIpc) is 2.34. The lowest BCUT2D eigenvalue weighted by molar-refractivity contribution is -0.127. The molecule has 0 aliphatic heterocycles. The standard InChI is InChI=1S/C15H17N3O/c1-10-14(9-16-15(19)11-5-4-6-11)18-13-8-3-2-7-12(13)17-10/h2-3,7-8,11H,4-6,9H2,1H3,(H,16,19). The van der Waals surface area contributed by atoms with Gasteiger partial charge in [0.2, 0.25) is 5.91 Å². The van der Waals surface area contributed by atoms with Crippen LogP contribution in [0.3, 0.4) is 0 Å². The Morgan fingerprint density at radius 3 is 2.58 bits per heavy atom. The number of hydrogen-bond acceptors (Lipinski definition) is 3. The Labute approximate surface area is 112 Å². The number of rotatable bonds is 3. The van der Waals surface area contributed by atoms with Gasteiger partial charge in [0.05, 0.1) is 29.0 Å². The Balaban J connectivity index is 1.76. The molecule has 0 saturated heterocycles. The molecule has 0 radical (unpaired) electrons. The van der Waals surface area contributed by atoms with Crippen LogP contribution < -0.4 is 5.32 Å². The van der Waals surface area contributed by atoms with Gasteiger partial charge in [0.1, 0.15) is 0 Å². The first-order valence-corrected chi connectivity index (χ1v) is 6.74. The van der Waals surface area contributed by atoms with Crippen LogP contribution in [-0.2, 0) is 11.3 Å². The van der Waals surface area contributed by atoms with E-state index in [-0.39, 0.29) is 11.8 Å². The second kappa shape index (κ2) is 4.96. The molecule has 4 nitrogen and oxygen atoms in total. The van der Waals surface area contributed by atoms with Crippen LogP contribution in [0.15, 0.2) is 24.3 Å². The molecule has 1 aromatic carbocycles. The molecule has 1 fully saturated rings. The summed E-state index contributed by atoms with van der Waals surface area (Å²) in [4.78, 5) is 20.9. The van der Waals surface area contributed by atoms with Gasteiger partial charge in [-0.15, -0.1) is 0 Å². The van der Waals surface area contributed by atoms with Crippen molar-refractivity contribution in [3.05, 3.63) is 35.7 Å². The summed E-state index contributed by atoms with van der Waals surface area (Å²) in [6, 6.07) is 7.79. The van der Waals surface area contributed by atoms with Crippen LogP contribution in [0.2, 0.25) is 0 Å². The maximum atomic E-state index is 11.8. The normalized spacial score (nSPS) is 15.2. The predicted octanol–water partition coefficient (Wildman–Crippen LogP) is 2.35. The summed E-state index contributed by atoms with van der Waals surface area (Å²) in [5.41, 5.74) is 3.51. The SMILES string of the molecule is Cc1nc2ccccc2nc1CNC(=O)C1CCC1. The van der Waals surface area contributed by atoms with Gasteiger partial charge in [-0.05, 0) is 31.9 Å². The smallest absolute Gasteiger partial charge is 0.223 e. The third-order valence-corrected chi connectivity index (χ3v) is 3.75. The lowest BCUT2D eigenvalue weighted by Crippen LogP contribution is -2.34. The summed E-state index contributed by atoms with van der Waals surface area (Å²) in [5.74, 6) is 0.370. The first-order valence-electron chi connectivity index (χ1n) is 6.74. The van der Waals surface area contributed by atoms with Gasteiger partial charge in [-0.1, -0.05) is 18.6 Å². The minimum atomic E-state index is 0.153. The monoisotopic (exact) mass is 255 g/mol. The van der Waals surface area contributed by atoms with Crippen LogP contribution >= 0.6 is 0 Å². The molecule has 0 unspecified atom stereocenters. The van der Waals surface area contributed by atoms with Gasteiger partial charge in [0.25, 0.3) is 0 Å². The molecular formula is C15H17N3O. The molecule has 1 amide bonds. The maximum Gasteiger partial charge on any atom is 0.223 e. The number of para-hydroxylation sites is 2. The molecule has 1 aliphatic carbocycles. The highest BCUT2D eigenvalue weighted by molar-refractivity contribution is 5.79. The number of amides is 1. The van der Waals surface area contributed by atoms with Crippen LogP contribution in [0, 0.1) is 12.8 Å². The Hall–Kier alpha value is -1.97. The molecule has 0 spiro atoms. The van der Waals surface area contributed by atoms with Crippen LogP contribution in [0.1, 0.15) is 30.7 Å². The van der Waals surface area contributed by atoms with E-state index in [9.17, 15) is 4.79 Å². The molecule has 3 rings (SSSR count). The minimum Gasteiger partial charge on any atom is -0.350 e. The molecule has 0 atom stereocenters. The van der Waals surface area contributed by atoms with E-state index in [4.69, 9.17) is 0 Å². The molecule has 98 valence electrons. The zero-order valence-electron chi connectivity index (χ0n) is 11.0. The molecule has 1 saturated carbocycles. The van der Waals surface area contributed by atoms with E-state index >= 15 is 0 Å². The summed E-state index contributed by atoms with van der Waals surface area (Å²) >= 11 is 0. The number of hydrogen-bond donors (Lipinski definition) is 1. The Kier molecular flexibility index (Phi) is 3.15. The van der Waals surface area contributed by atoms with Gasteiger partial charge in [-0.25, -0.2) is 9.97 Å². The second-order valence-electron chi connectivity index (χ2n) is 5.09. The molecule has 19 heavy (non-hydrogen) atoms. The predicted molar refractivity (Wildman–Crippen MR) is 73.5 cm³/mol. The van der Waals surface area contributed by atoms with Gasteiger partial charge in [0, 0.05) is 5.92 Å². The van der Waals surface area contributed by atoms with Crippen molar-refractivity contribution in [3.63, 3.8) is 0 Å². The van der Waals surface area contributed by atoms with Gasteiger partial charge in [0.15, 0.2) is 0 Å². The fourth-order valence-electron chi connectivity index (χ4n) is 2.28. The van der Waals surface area contributed by atoms with E-state index in [1.165, 1.54) is 6.42 Å². The summed E-state index contributed by atoms with van der Waals surface area (Å²) in [7, 11) is 0. The number of aryl methyl sites for hydroxylation is 1. The van der Waals surface area contributed by atoms with Crippen molar-refractivity contribution < 1.29 is 4.79 Å². The van der Waals surface area contributed by atoms with Crippen molar-refractivity contribution >= 4 is 16.9 Å². The number of nitrogens with one attached hydrogen (secondary N) is 1. The van der Waals surface area contributed by atoms with Crippen molar-refractivity contribution in [3.8, 4) is 0 Å². The quantitative estimate of drug-likeness (QED) is 0.916. The van der Waals surface area contributed by atoms with Gasteiger partial charge < -0.3 is 5.32 Å².